The van der Waals surface area contributed by atoms with Gasteiger partial charge in [-0.05, 0) is 61.5 Å². The van der Waals surface area contributed by atoms with Crippen LogP contribution in [0.2, 0.25) is 0 Å². The Kier molecular flexibility index (Phi) is 10.0. The molecule has 2 aliphatic heterocycles. The van der Waals surface area contributed by atoms with Crippen molar-refractivity contribution in [3.05, 3.63) is 83.4 Å². The summed E-state index contributed by atoms with van der Waals surface area (Å²) in [6.07, 6.45) is 6.91. The zero-order valence-corrected chi connectivity index (χ0v) is 23.4. The Bertz CT molecular complexity index is 1320. The molecule has 0 aliphatic carbocycles. The number of aromatic nitrogens is 2. The highest BCUT2D eigenvalue weighted by Gasteiger charge is 2.28. The van der Waals surface area contributed by atoms with Gasteiger partial charge in [0.2, 0.25) is 5.91 Å². The summed E-state index contributed by atoms with van der Waals surface area (Å²) >= 11 is 5.14. The van der Waals surface area contributed by atoms with Crippen molar-refractivity contribution in [2.45, 2.75) is 13.0 Å². The van der Waals surface area contributed by atoms with Gasteiger partial charge in [-0.3, -0.25) is 24.4 Å². The fourth-order valence-electron chi connectivity index (χ4n) is 4.73. The lowest BCUT2D eigenvalue weighted by molar-refractivity contribution is -0.131. The minimum atomic E-state index is -0.447. The van der Waals surface area contributed by atoms with Gasteiger partial charge < -0.3 is 24.8 Å². The van der Waals surface area contributed by atoms with E-state index in [0.717, 1.165) is 43.9 Å². The molecule has 4 heterocycles. The van der Waals surface area contributed by atoms with Gasteiger partial charge in [-0.2, -0.15) is 0 Å². The van der Waals surface area contributed by atoms with Gasteiger partial charge in [0.05, 0.1) is 13.7 Å². The fraction of sp³-hybridized carbons (Fsp3) is 0.345. The summed E-state index contributed by atoms with van der Waals surface area (Å²) in [5.41, 5.74) is 4.50. The second kappa shape index (κ2) is 13.9. The quantitative estimate of drug-likeness (QED) is 0.455. The summed E-state index contributed by atoms with van der Waals surface area (Å²) in [7, 11) is 3.83. The Morgan fingerprint density at radius 3 is 2.08 bits per heavy atom. The number of nitrogens with zero attached hydrogens (tertiary/aromatic N) is 5. The number of rotatable bonds is 6. The van der Waals surface area contributed by atoms with E-state index in [0.29, 0.717) is 24.2 Å². The number of anilines is 1. The average molecular weight is 565 g/mol. The highest BCUT2D eigenvalue weighted by Crippen LogP contribution is 2.35. The minimum Gasteiger partial charge on any atom is -0.496 e. The van der Waals surface area contributed by atoms with Crippen LogP contribution in [0, 0.1) is 0 Å². The average Bonchev–Trinajstić information content (AvgIpc) is 3.00. The maximum atomic E-state index is 12.9. The number of ether oxygens (including phenoxy) is 1. The molecular weight excluding hydrogens is 532 g/mol. The molecule has 1 fully saturated rings. The molecule has 0 saturated carbocycles. The van der Waals surface area contributed by atoms with Crippen molar-refractivity contribution in [3.8, 4) is 5.75 Å². The molecule has 0 radical (unpaired) electrons. The molecule has 1 saturated heterocycles. The van der Waals surface area contributed by atoms with Crippen molar-refractivity contribution in [3.63, 3.8) is 0 Å². The molecule has 0 bridgehead atoms. The van der Waals surface area contributed by atoms with Crippen LogP contribution in [0.25, 0.3) is 0 Å². The molecular formula is C29H33ClN6O4. The number of hydrogen-bond donors (Lipinski definition) is 1. The summed E-state index contributed by atoms with van der Waals surface area (Å²) in [4.78, 5) is 49.7. The van der Waals surface area contributed by atoms with Crippen molar-refractivity contribution in [1.82, 2.24) is 25.1 Å². The molecule has 5 rings (SSSR count). The van der Waals surface area contributed by atoms with Gasteiger partial charge in [-0.25, -0.2) is 0 Å². The predicted molar refractivity (Wildman–Crippen MR) is 153 cm³/mol. The molecule has 10 nitrogen and oxygen atoms in total. The topological polar surface area (TPSA) is 108 Å². The maximum absolute atomic E-state index is 12.9. The Balaban J connectivity index is 0.000000350. The molecule has 2 aliphatic rings. The Labute approximate surface area is 238 Å². The van der Waals surface area contributed by atoms with Gasteiger partial charge in [-0.1, -0.05) is 0 Å². The lowest BCUT2D eigenvalue weighted by Gasteiger charge is -2.38. The third kappa shape index (κ3) is 7.34. The number of carbonyl (C=O) groups is 3. The van der Waals surface area contributed by atoms with Crippen LogP contribution in [0.15, 0.2) is 61.2 Å². The molecule has 11 heteroatoms. The number of piperazine rings is 1. The number of likely N-dealkylation sites (N-methyl/N-ethyl adjacent to an activating group) is 1. The highest BCUT2D eigenvalue weighted by atomic mass is 35.5. The number of hydrogen-bond acceptors (Lipinski definition) is 8. The maximum Gasteiger partial charge on any atom is 0.252 e. The van der Waals surface area contributed by atoms with Crippen LogP contribution in [-0.4, -0.2) is 90.3 Å². The number of methoxy groups -OCH3 is 1. The largest absolute Gasteiger partial charge is 0.496 e. The van der Waals surface area contributed by atoms with Crippen LogP contribution in [-0.2, 0) is 17.8 Å². The number of fused-ring (bicyclic) bond motifs is 1. The van der Waals surface area contributed by atoms with Gasteiger partial charge in [0.25, 0.3) is 11.1 Å². The van der Waals surface area contributed by atoms with Gasteiger partial charge in [0.15, 0.2) is 0 Å². The summed E-state index contributed by atoms with van der Waals surface area (Å²) < 4.78 is 5.60. The smallest absolute Gasteiger partial charge is 0.252 e. The SMILES string of the molecule is COc1ccc(N2CCN(C)CC2)c2c1CCN(C(=O)CNC(=O)c1ccncc1)C2.O=C(Cl)c1ccncc1. The first-order valence-corrected chi connectivity index (χ1v) is 13.4. The molecule has 1 aromatic carbocycles. The first kappa shape index (κ1) is 29.0. The Morgan fingerprint density at radius 1 is 0.875 bits per heavy atom. The van der Waals surface area contributed by atoms with Crippen LogP contribution < -0.4 is 15.0 Å². The standard InChI is InChI=1S/C23H29N5O3.C6H4ClNO/c1-26-11-13-27(14-12-26)20-3-4-21(31-2)18-7-10-28(16-19(18)20)22(29)15-25-23(30)17-5-8-24-9-6-17;7-6(9)5-1-3-8-4-2-5/h3-6,8-9H,7,10-16H2,1-2H3,(H,25,30);1-4H. The fourth-order valence-corrected chi connectivity index (χ4v) is 4.86. The Hall–Kier alpha value is -4.02. The lowest BCUT2D eigenvalue weighted by Crippen LogP contribution is -2.46. The number of nitrogens with one attached hydrogen (secondary N) is 1. The summed E-state index contributed by atoms with van der Waals surface area (Å²) in [5, 5.41) is 2.28. The summed E-state index contributed by atoms with van der Waals surface area (Å²) in [5.74, 6) is 0.527. The second-order valence-corrected chi connectivity index (χ2v) is 9.87. The number of amides is 2. The van der Waals surface area contributed by atoms with E-state index in [2.05, 4.69) is 38.2 Å². The predicted octanol–water partition coefficient (Wildman–Crippen LogP) is 2.62. The zero-order chi connectivity index (χ0) is 28.5. The van der Waals surface area contributed by atoms with Crippen molar-refractivity contribution in [2.75, 3.05) is 58.3 Å². The lowest BCUT2D eigenvalue weighted by atomic mass is 9.95. The van der Waals surface area contributed by atoms with E-state index in [-0.39, 0.29) is 18.4 Å². The van der Waals surface area contributed by atoms with E-state index in [1.54, 1.807) is 43.8 Å². The van der Waals surface area contributed by atoms with Gasteiger partial charge in [0, 0.05) is 92.0 Å². The molecule has 2 amide bonds. The monoisotopic (exact) mass is 564 g/mol. The number of halogens is 1. The molecule has 2 aromatic heterocycles. The molecule has 1 N–H and O–H groups in total. The van der Waals surface area contributed by atoms with E-state index in [1.807, 2.05) is 11.0 Å². The molecule has 0 unspecified atom stereocenters. The number of benzene rings is 1. The molecule has 3 aromatic rings. The summed E-state index contributed by atoms with van der Waals surface area (Å²) in [6, 6.07) is 10.5. The molecule has 0 spiro atoms. The molecule has 40 heavy (non-hydrogen) atoms. The van der Waals surface area contributed by atoms with Crippen molar-refractivity contribution < 1.29 is 19.1 Å². The van der Waals surface area contributed by atoms with Crippen LogP contribution in [0.3, 0.4) is 0 Å². The van der Waals surface area contributed by atoms with E-state index in [9.17, 15) is 14.4 Å². The van der Waals surface area contributed by atoms with Gasteiger partial charge in [0.1, 0.15) is 5.75 Å². The van der Waals surface area contributed by atoms with Crippen molar-refractivity contribution in [2.24, 2.45) is 0 Å². The van der Waals surface area contributed by atoms with E-state index in [1.165, 1.54) is 23.6 Å². The van der Waals surface area contributed by atoms with E-state index >= 15 is 0 Å². The van der Waals surface area contributed by atoms with Gasteiger partial charge in [-0.15, -0.1) is 0 Å². The van der Waals surface area contributed by atoms with E-state index in [4.69, 9.17) is 16.3 Å². The van der Waals surface area contributed by atoms with Crippen molar-refractivity contribution >= 4 is 34.3 Å². The summed E-state index contributed by atoms with van der Waals surface area (Å²) in [6.45, 7) is 5.08. The zero-order valence-electron chi connectivity index (χ0n) is 22.7. The number of carbonyl (C=O) groups excluding carboxylic acids is 3. The van der Waals surface area contributed by atoms with Crippen LogP contribution in [0.5, 0.6) is 5.75 Å². The van der Waals surface area contributed by atoms with E-state index < -0.39 is 5.24 Å². The van der Waals surface area contributed by atoms with Crippen molar-refractivity contribution in [1.29, 1.82) is 0 Å². The first-order valence-electron chi connectivity index (χ1n) is 13.1. The third-order valence-corrected chi connectivity index (χ3v) is 7.23. The molecule has 0 atom stereocenters. The van der Waals surface area contributed by atoms with Crippen LogP contribution in [0.1, 0.15) is 31.8 Å². The van der Waals surface area contributed by atoms with Gasteiger partial charge >= 0.3 is 0 Å². The second-order valence-electron chi connectivity index (χ2n) is 9.53. The third-order valence-electron chi connectivity index (χ3n) is 7.01. The van der Waals surface area contributed by atoms with Crippen LogP contribution >= 0.6 is 11.6 Å². The number of pyridine rings is 2. The molecule has 210 valence electrons. The van der Waals surface area contributed by atoms with Crippen LogP contribution in [0.4, 0.5) is 5.69 Å². The first-order chi connectivity index (χ1) is 19.4. The normalized spacial score (nSPS) is 14.9. The Morgan fingerprint density at radius 2 is 1.50 bits per heavy atom. The minimum absolute atomic E-state index is 0.0235. The highest BCUT2D eigenvalue weighted by molar-refractivity contribution is 6.67.